The number of pyridine rings is 1. The molecule has 2 saturated heterocycles. The van der Waals surface area contributed by atoms with Crippen molar-refractivity contribution in [3.63, 3.8) is 0 Å². The summed E-state index contributed by atoms with van der Waals surface area (Å²) in [7, 11) is 0. The molecule has 2 aromatic rings. The van der Waals surface area contributed by atoms with Crippen LogP contribution in [0.5, 0.6) is 5.75 Å². The molecule has 152 valence electrons. The molecule has 1 aromatic carbocycles. The third-order valence-corrected chi connectivity index (χ3v) is 5.89. The van der Waals surface area contributed by atoms with Crippen LogP contribution < -0.4 is 4.74 Å². The van der Waals surface area contributed by atoms with E-state index in [0.29, 0.717) is 18.1 Å². The minimum absolute atomic E-state index is 0.0221. The van der Waals surface area contributed by atoms with Crippen LogP contribution in [0.1, 0.15) is 19.3 Å². The van der Waals surface area contributed by atoms with Gasteiger partial charge in [0.1, 0.15) is 24.1 Å². The van der Waals surface area contributed by atoms with Gasteiger partial charge in [-0.25, -0.2) is 4.39 Å². The van der Waals surface area contributed by atoms with Crippen LogP contribution in [0.25, 0.3) is 10.9 Å². The Kier molecular flexibility index (Phi) is 5.84. The van der Waals surface area contributed by atoms with E-state index in [4.69, 9.17) is 21.6 Å². The summed E-state index contributed by atoms with van der Waals surface area (Å²) in [6, 6.07) is 8.83. The van der Waals surface area contributed by atoms with Gasteiger partial charge >= 0.3 is 0 Å². The van der Waals surface area contributed by atoms with Gasteiger partial charge in [0.25, 0.3) is 0 Å². The summed E-state index contributed by atoms with van der Waals surface area (Å²) in [6.45, 7) is 1.66. The van der Waals surface area contributed by atoms with Crippen LogP contribution in [0.15, 0.2) is 30.5 Å². The van der Waals surface area contributed by atoms with E-state index < -0.39 is 12.2 Å². The van der Waals surface area contributed by atoms with E-state index in [2.05, 4.69) is 4.98 Å². The molecular weight excluding hydrogens is 395 g/mol. The number of nitriles is 1. The van der Waals surface area contributed by atoms with E-state index in [-0.39, 0.29) is 31.5 Å². The van der Waals surface area contributed by atoms with Crippen molar-refractivity contribution < 1.29 is 13.9 Å². The number of likely N-dealkylation sites (tertiary alicyclic amines) is 2. The van der Waals surface area contributed by atoms with Crippen molar-refractivity contribution in [3.8, 4) is 11.8 Å². The summed E-state index contributed by atoms with van der Waals surface area (Å²) in [5.74, 6) is 0.584. The summed E-state index contributed by atoms with van der Waals surface area (Å²) in [5.41, 5.74) is 0.721. The van der Waals surface area contributed by atoms with Gasteiger partial charge < -0.3 is 9.64 Å². The number of carbonyl (C=O) groups is 1. The highest BCUT2D eigenvalue weighted by Gasteiger charge is 2.36. The van der Waals surface area contributed by atoms with E-state index in [1.807, 2.05) is 29.2 Å². The van der Waals surface area contributed by atoms with E-state index in [0.717, 1.165) is 29.5 Å². The van der Waals surface area contributed by atoms with E-state index in [1.54, 1.807) is 12.3 Å². The first-order valence-corrected chi connectivity index (χ1v) is 10.2. The number of benzene rings is 1. The maximum absolute atomic E-state index is 13.6. The summed E-state index contributed by atoms with van der Waals surface area (Å²) in [6.07, 6.45) is 2.32. The molecule has 3 heterocycles. The van der Waals surface area contributed by atoms with Crippen LogP contribution in [0, 0.1) is 11.3 Å². The number of carbonyl (C=O) groups excluding carboxylic acids is 1. The zero-order valence-electron chi connectivity index (χ0n) is 15.9. The van der Waals surface area contributed by atoms with Gasteiger partial charge in [0.15, 0.2) is 0 Å². The Hall–Kier alpha value is -2.43. The van der Waals surface area contributed by atoms with Crippen LogP contribution in [-0.2, 0) is 4.79 Å². The number of hydrogen-bond donors (Lipinski definition) is 0. The molecule has 0 radical (unpaired) electrons. The Morgan fingerprint density at radius 1 is 1.34 bits per heavy atom. The van der Waals surface area contributed by atoms with Gasteiger partial charge in [-0.1, -0.05) is 11.6 Å². The molecule has 0 spiro atoms. The minimum Gasteiger partial charge on any atom is -0.490 e. The Labute approximate surface area is 173 Å². The maximum Gasteiger partial charge on any atom is 0.237 e. The van der Waals surface area contributed by atoms with Crippen molar-refractivity contribution in [2.45, 2.75) is 37.6 Å². The summed E-state index contributed by atoms with van der Waals surface area (Å²) in [4.78, 5) is 20.2. The zero-order valence-corrected chi connectivity index (χ0v) is 16.7. The molecule has 2 atom stereocenters. The lowest BCUT2D eigenvalue weighted by atomic mass is 10.1. The third kappa shape index (κ3) is 4.29. The second-order valence-electron chi connectivity index (χ2n) is 7.56. The lowest BCUT2D eigenvalue weighted by Crippen LogP contribution is -2.46. The molecule has 8 heteroatoms. The number of aromatic nitrogens is 1. The maximum atomic E-state index is 13.6. The topological polar surface area (TPSA) is 69.5 Å². The number of ether oxygens (including phenoxy) is 1. The monoisotopic (exact) mass is 416 g/mol. The number of halogens is 2. The average Bonchev–Trinajstić information content (AvgIpc) is 3.13. The summed E-state index contributed by atoms with van der Waals surface area (Å²) < 4.78 is 19.8. The molecule has 1 amide bonds. The van der Waals surface area contributed by atoms with Crippen LogP contribution in [0.4, 0.5) is 4.39 Å². The molecule has 2 aliphatic rings. The van der Waals surface area contributed by atoms with Crippen molar-refractivity contribution in [1.82, 2.24) is 14.8 Å². The highest BCUT2D eigenvalue weighted by Crippen LogP contribution is 2.31. The first-order valence-electron chi connectivity index (χ1n) is 9.80. The Bertz CT molecular complexity index is 942. The van der Waals surface area contributed by atoms with Gasteiger partial charge in [-0.3, -0.25) is 14.7 Å². The van der Waals surface area contributed by atoms with Gasteiger partial charge in [0, 0.05) is 31.1 Å². The van der Waals surface area contributed by atoms with E-state index >= 15 is 0 Å². The fourth-order valence-corrected chi connectivity index (χ4v) is 4.26. The predicted molar refractivity (Wildman–Crippen MR) is 107 cm³/mol. The molecule has 29 heavy (non-hydrogen) atoms. The molecule has 0 saturated carbocycles. The molecule has 1 unspecified atom stereocenters. The van der Waals surface area contributed by atoms with Gasteiger partial charge in [-0.15, -0.1) is 0 Å². The predicted octanol–water partition coefficient (Wildman–Crippen LogP) is 3.19. The minimum atomic E-state index is -1.11. The number of amides is 1. The molecule has 4 rings (SSSR count). The van der Waals surface area contributed by atoms with Crippen LogP contribution >= 0.6 is 11.6 Å². The number of alkyl halides is 1. The van der Waals surface area contributed by atoms with Gasteiger partial charge in [0.05, 0.1) is 29.7 Å². The average molecular weight is 417 g/mol. The summed E-state index contributed by atoms with van der Waals surface area (Å²) >= 11 is 6.22. The highest BCUT2D eigenvalue weighted by molar-refractivity contribution is 6.35. The molecule has 0 aliphatic carbocycles. The molecule has 6 nitrogen and oxygen atoms in total. The van der Waals surface area contributed by atoms with Crippen LogP contribution in [0.3, 0.4) is 0 Å². The number of hydrogen-bond acceptors (Lipinski definition) is 5. The second-order valence-corrected chi connectivity index (χ2v) is 7.97. The second kappa shape index (κ2) is 8.52. The third-order valence-electron chi connectivity index (χ3n) is 5.59. The lowest BCUT2D eigenvalue weighted by Gasteiger charge is -2.33. The number of rotatable bonds is 4. The normalized spacial score (nSPS) is 23.3. The number of fused-ring (bicyclic) bond motifs is 1. The Morgan fingerprint density at radius 2 is 2.14 bits per heavy atom. The number of piperidine rings is 1. The van der Waals surface area contributed by atoms with Gasteiger partial charge in [-0.2, -0.15) is 5.26 Å². The van der Waals surface area contributed by atoms with Crippen molar-refractivity contribution in [2.75, 3.05) is 26.2 Å². The van der Waals surface area contributed by atoms with Gasteiger partial charge in [0.2, 0.25) is 5.91 Å². The van der Waals surface area contributed by atoms with Crippen molar-refractivity contribution in [1.29, 1.82) is 5.26 Å². The molecule has 2 fully saturated rings. The highest BCUT2D eigenvalue weighted by atomic mass is 35.5. The molecule has 0 bridgehead atoms. The SMILES string of the molecule is N#CC1C[C@H](F)CN1C(=O)CN1CCC(Oc2ccc(Cl)c3ncccc23)CC1. The molecule has 1 aromatic heterocycles. The van der Waals surface area contributed by atoms with Crippen molar-refractivity contribution in [2.24, 2.45) is 0 Å². The fourth-order valence-electron chi connectivity index (χ4n) is 4.04. The van der Waals surface area contributed by atoms with E-state index in [1.165, 1.54) is 4.90 Å². The largest absolute Gasteiger partial charge is 0.490 e. The Morgan fingerprint density at radius 3 is 2.90 bits per heavy atom. The van der Waals surface area contributed by atoms with E-state index in [9.17, 15) is 9.18 Å². The van der Waals surface area contributed by atoms with Crippen molar-refractivity contribution >= 4 is 28.4 Å². The number of nitrogens with zero attached hydrogens (tertiary/aromatic N) is 4. The first kappa shape index (κ1) is 19.9. The van der Waals surface area contributed by atoms with Crippen LogP contribution in [-0.4, -0.2) is 65.2 Å². The Balaban J connectivity index is 1.33. The fraction of sp³-hybridized carbons (Fsp3) is 0.476. The molecule has 2 aliphatic heterocycles. The standard InChI is InChI=1S/C21H22ClFN4O2/c22-18-3-4-19(17-2-1-7-25-21(17)18)29-16-5-8-26(9-6-16)13-20(28)27-12-14(23)10-15(27)11-24/h1-4,7,14-16H,5-6,8-10,12-13H2/t14-,15?/m0/s1. The summed E-state index contributed by atoms with van der Waals surface area (Å²) in [5, 5.41) is 10.6. The first-order chi connectivity index (χ1) is 14.0. The van der Waals surface area contributed by atoms with Crippen molar-refractivity contribution in [3.05, 3.63) is 35.5 Å². The van der Waals surface area contributed by atoms with Gasteiger partial charge in [-0.05, 0) is 37.1 Å². The van der Waals surface area contributed by atoms with Crippen LogP contribution in [0.2, 0.25) is 5.02 Å². The molecule has 0 N–H and O–H groups in total. The zero-order chi connectivity index (χ0) is 20.4. The quantitative estimate of drug-likeness (QED) is 0.765. The lowest BCUT2D eigenvalue weighted by molar-refractivity contribution is -0.133. The smallest absolute Gasteiger partial charge is 0.237 e. The molecular formula is C21H22ClFN4O2.